The molecule has 0 aromatic carbocycles. The molecule has 1 rings (SSSR count). The zero-order valence-electron chi connectivity index (χ0n) is 8.83. The van der Waals surface area contributed by atoms with E-state index in [1.807, 2.05) is 0 Å². The fraction of sp³-hybridized carbons (Fsp3) is 1.00. The van der Waals surface area contributed by atoms with Gasteiger partial charge in [0.2, 0.25) is 10.4 Å². The minimum Gasteiger partial charge on any atom is -0.726 e. The van der Waals surface area contributed by atoms with E-state index in [0.717, 1.165) is 0 Å². The van der Waals surface area contributed by atoms with Crippen molar-refractivity contribution in [3.05, 3.63) is 0 Å². The molecule has 17 heavy (non-hydrogen) atoms. The van der Waals surface area contributed by atoms with Gasteiger partial charge in [0.15, 0.2) is 12.4 Å². The molecule has 0 unspecified atom stereocenters. The maximum absolute atomic E-state index is 10.3. The monoisotopic (exact) mass is 282 g/mol. The largest absolute Gasteiger partial charge is 1.00 e. The summed E-state index contributed by atoms with van der Waals surface area (Å²) in [5.41, 5.74) is 0. The van der Waals surface area contributed by atoms with Crippen LogP contribution < -0.4 is 29.6 Å². The average Bonchev–Trinajstić information content (AvgIpc) is 2.17. The molecular weight excluding hydrogens is 271 g/mol. The number of aliphatic hydroxyl groups is 4. The van der Waals surface area contributed by atoms with Gasteiger partial charge in [-0.05, 0) is 0 Å². The number of hydrogen-bond donors (Lipinski definition) is 4. The zero-order chi connectivity index (χ0) is 12.5. The van der Waals surface area contributed by atoms with Gasteiger partial charge in [-0.1, -0.05) is 0 Å². The van der Waals surface area contributed by atoms with Crippen LogP contribution in [-0.2, 0) is 19.3 Å². The van der Waals surface area contributed by atoms with Crippen LogP contribution in [0.3, 0.4) is 0 Å². The first-order chi connectivity index (χ1) is 7.26. The van der Waals surface area contributed by atoms with Crippen molar-refractivity contribution in [1.82, 2.24) is 0 Å². The first kappa shape index (κ1) is 17.7. The number of hydrogen-bond acceptors (Lipinski definition) is 9. The predicted molar refractivity (Wildman–Crippen MR) is 44.5 cm³/mol. The smallest absolute Gasteiger partial charge is 0.726 e. The van der Waals surface area contributed by atoms with Crippen molar-refractivity contribution in [2.24, 2.45) is 0 Å². The first-order valence-electron chi connectivity index (χ1n) is 4.21. The molecule has 1 saturated heterocycles. The Bertz CT molecular complexity index is 332. The second-order valence-corrected chi connectivity index (χ2v) is 4.21. The molecule has 0 bridgehead atoms. The van der Waals surface area contributed by atoms with E-state index in [1.165, 1.54) is 0 Å². The van der Waals surface area contributed by atoms with Crippen LogP contribution in [0.4, 0.5) is 0 Å². The Hall–Kier alpha value is 0.670. The zero-order valence-corrected chi connectivity index (χ0v) is 11.6. The van der Waals surface area contributed by atoms with Crippen molar-refractivity contribution in [2.45, 2.75) is 30.7 Å². The van der Waals surface area contributed by atoms with Crippen LogP contribution >= 0.6 is 0 Å². The van der Waals surface area contributed by atoms with Crippen LogP contribution in [0, 0.1) is 0 Å². The third kappa shape index (κ3) is 4.69. The topological polar surface area (TPSA) is 157 Å². The summed E-state index contributed by atoms with van der Waals surface area (Å²) in [6.07, 6.45) is -8.72. The van der Waals surface area contributed by atoms with Crippen molar-refractivity contribution in [3.8, 4) is 0 Å². The fourth-order valence-electron chi connectivity index (χ4n) is 1.31. The van der Waals surface area contributed by atoms with Crippen molar-refractivity contribution >= 4 is 10.4 Å². The fourth-order valence-corrected chi connectivity index (χ4v) is 1.79. The molecule has 4 N–H and O–H groups in total. The molecule has 1 heterocycles. The van der Waals surface area contributed by atoms with Gasteiger partial charge in [-0.2, -0.15) is 0 Å². The third-order valence-corrected chi connectivity index (χ3v) is 2.53. The number of aliphatic hydroxyl groups excluding tert-OH is 4. The van der Waals surface area contributed by atoms with Crippen LogP contribution in [-0.4, -0.2) is 70.7 Å². The number of ether oxygens (including phenoxy) is 1. The summed E-state index contributed by atoms with van der Waals surface area (Å²) in [5, 5.41) is 36.5. The van der Waals surface area contributed by atoms with Crippen LogP contribution in [0.5, 0.6) is 0 Å². The van der Waals surface area contributed by atoms with Gasteiger partial charge in [-0.3, -0.25) is 4.18 Å². The van der Waals surface area contributed by atoms with Gasteiger partial charge in [0.05, 0.1) is 6.61 Å². The molecule has 0 radical (unpaired) electrons. The second-order valence-electron chi connectivity index (χ2n) is 3.20. The minimum absolute atomic E-state index is 0. The minimum atomic E-state index is -5.16. The van der Waals surface area contributed by atoms with E-state index in [-0.39, 0.29) is 29.6 Å². The summed E-state index contributed by atoms with van der Waals surface area (Å²) in [6, 6.07) is 0. The van der Waals surface area contributed by atoms with Crippen LogP contribution in [0.15, 0.2) is 0 Å². The quantitative estimate of drug-likeness (QED) is 0.224. The van der Waals surface area contributed by atoms with E-state index in [4.69, 9.17) is 5.11 Å². The summed E-state index contributed by atoms with van der Waals surface area (Å²) in [6.45, 7) is -0.702. The van der Waals surface area contributed by atoms with Gasteiger partial charge in [0, 0.05) is 0 Å². The molecule has 1 aliphatic rings. The Kier molecular flexibility index (Phi) is 6.99. The maximum atomic E-state index is 10.3. The molecule has 1 fully saturated rings. The van der Waals surface area contributed by atoms with Gasteiger partial charge in [-0.25, -0.2) is 8.42 Å². The van der Waals surface area contributed by atoms with Crippen molar-refractivity contribution in [1.29, 1.82) is 0 Å². The van der Waals surface area contributed by atoms with Gasteiger partial charge in [-0.15, -0.1) is 0 Å². The Morgan fingerprint density at radius 1 is 1.24 bits per heavy atom. The summed E-state index contributed by atoms with van der Waals surface area (Å²) in [7, 11) is -5.16. The molecule has 0 saturated carbocycles. The molecule has 9 nitrogen and oxygen atoms in total. The van der Waals surface area contributed by atoms with Gasteiger partial charge < -0.3 is 29.7 Å². The standard InChI is InChI=1S/C6H12O9S.Na/c7-1-2-3(8)4(9)5(6(10)14-2)15-16(11,12)13;/h2-10H,1H2,(H,11,12,13);/q;+1/p-1/t2-,3-,4+,5-,6+;/m1./s1. The maximum Gasteiger partial charge on any atom is 1.00 e. The van der Waals surface area contributed by atoms with Crippen LogP contribution in [0.2, 0.25) is 0 Å². The van der Waals surface area contributed by atoms with E-state index in [9.17, 15) is 28.3 Å². The third-order valence-electron chi connectivity index (χ3n) is 2.07. The van der Waals surface area contributed by atoms with E-state index in [1.54, 1.807) is 0 Å². The van der Waals surface area contributed by atoms with Crippen molar-refractivity contribution in [2.75, 3.05) is 6.61 Å². The Labute approximate surface area is 119 Å². The number of rotatable bonds is 3. The molecule has 1 aliphatic heterocycles. The molecule has 5 atom stereocenters. The van der Waals surface area contributed by atoms with E-state index >= 15 is 0 Å². The molecule has 0 aromatic rings. The molecule has 0 aromatic heterocycles. The van der Waals surface area contributed by atoms with Crippen molar-refractivity contribution < 1.29 is 71.9 Å². The van der Waals surface area contributed by atoms with E-state index in [2.05, 4.69) is 8.92 Å². The summed E-state index contributed by atoms with van der Waals surface area (Å²) < 4.78 is 39.1. The Balaban J connectivity index is 0.00000256. The van der Waals surface area contributed by atoms with E-state index < -0.39 is 47.7 Å². The summed E-state index contributed by atoms with van der Waals surface area (Å²) >= 11 is 0. The average molecular weight is 282 g/mol. The van der Waals surface area contributed by atoms with Crippen molar-refractivity contribution in [3.63, 3.8) is 0 Å². The molecule has 0 aliphatic carbocycles. The molecule has 0 spiro atoms. The molecular formula is C6H11NaO9S. The van der Waals surface area contributed by atoms with Gasteiger partial charge >= 0.3 is 29.6 Å². The molecule has 0 amide bonds. The Morgan fingerprint density at radius 2 is 1.76 bits per heavy atom. The Morgan fingerprint density at radius 3 is 2.18 bits per heavy atom. The molecule has 11 heteroatoms. The summed E-state index contributed by atoms with van der Waals surface area (Å²) in [4.78, 5) is 0. The first-order valence-corrected chi connectivity index (χ1v) is 5.54. The van der Waals surface area contributed by atoms with Gasteiger partial charge in [0.1, 0.15) is 18.3 Å². The molecule has 96 valence electrons. The van der Waals surface area contributed by atoms with Crippen LogP contribution in [0.1, 0.15) is 0 Å². The van der Waals surface area contributed by atoms with E-state index in [0.29, 0.717) is 0 Å². The SMILES string of the molecule is O=S(=O)([O-])O[C@@H]1[C@@H](O)[C@H](O)[C@@H](CO)O[C@@H]1O.[Na+]. The second kappa shape index (κ2) is 6.73. The predicted octanol–water partition coefficient (Wildman–Crippen LogP) is -6.73. The summed E-state index contributed by atoms with van der Waals surface area (Å²) in [5.74, 6) is 0. The van der Waals surface area contributed by atoms with Gasteiger partial charge in [0.25, 0.3) is 0 Å². The van der Waals surface area contributed by atoms with Crippen LogP contribution in [0.25, 0.3) is 0 Å². The normalized spacial score (nSPS) is 38.5.